The van der Waals surface area contributed by atoms with E-state index in [1.54, 1.807) is 14.0 Å². The number of amides is 2. The van der Waals surface area contributed by atoms with Gasteiger partial charge in [-0.15, -0.1) is 0 Å². The van der Waals surface area contributed by atoms with Crippen LogP contribution >= 0.6 is 11.8 Å². The summed E-state index contributed by atoms with van der Waals surface area (Å²) in [5.41, 5.74) is -0.599. The average Bonchev–Trinajstić information content (AvgIpc) is 2.82. The highest BCUT2D eigenvalue weighted by molar-refractivity contribution is 7.99. The molecule has 4 N–H and O–H groups in total. The zero-order valence-corrected chi connectivity index (χ0v) is 23.6. The normalized spacial score (nSPS) is 15.3. The van der Waals surface area contributed by atoms with Crippen LogP contribution in [0.5, 0.6) is 0 Å². The third-order valence-electron chi connectivity index (χ3n) is 6.12. The molecule has 36 heavy (non-hydrogen) atoms. The van der Waals surface area contributed by atoms with Gasteiger partial charge in [0.2, 0.25) is 11.8 Å². The summed E-state index contributed by atoms with van der Waals surface area (Å²) in [7, 11) is 1.63. The molecule has 0 aliphatic heterocycles. The van der Waals surface area contributed by atoms with Gasteiger partial charge in [-0.25, -0.2) is 0 Å². The molecule has 0 spiro atoms. The summed E-state index contributed by atoms with van der Waals surface area (Å²) in [6.07, 6.45) is 2.79. The van der Waals surface area contributed by atoms with E-state index in [-0.39, 0.29) is 42.4 Å². The van der Waals surface area contributed by atoms with Crippen LogP contribution in [0.15, 0.2) is 12.2 Å². The number of hydrogen-bond acceptors (Lipinski definition) is 8. The first-order valence-corrected chi connectivity index (χ1v) is 13.7. The van der Waals surface area contributed by atoms with Crippen molar-refractivity contribution in [3.63, 3.8) is 0 Å². The Kier molecular flexibility index (Phi) is 16.4. The first kappa shape index (κ1) is 34.0. The van der Waals surface area contributed by atoms with Gasteiger partial charge in [-0.1, -0.05) is 27.4 Å². The molecule has 10 heteroatoms. The molecule has 0 saturated heterocycles. The molecule has 0 aliphatic carbocycles. The number of aldehydes is 1. The summed E-state index contributed by atoms with van der Waals surface area (Å²) in [4.78, 5) is 50.8. The minimum Gasteiger partial charge on any atom is -0.377 e. The van der Waals surface area contributed by atoms with Gasteiger partial charge in [0.1, 0.15) is 12.5 Å². The fourth-order valence-corrected chi connectivity index (χ4v) is 4.93. The zero-order valence-electron chi connectivity index (χ0n) is 22.8. The summed E-state index contributed by atoms with van der Waals surface area (Å²) >= 11 is 1.50. The number of nitrogens with zero attached hydrogens (tertiary/aromatic N) is 1. The summed E-state index contributed by atoms with van der Waals surface area (Å²) < 4.78 is 0. The first-order chi connectivity index (χ1) is 16.8. The van der Waals surface area contributed by atoms with Crippen LogP contribution in [0.25, 0.3) is 0 Å². The summed E-state index contributed by atoms with van der Waals surface area (Å²) in [5.74, 6) is -0.238. The second-order valence-electron chi connectivity index (χ2n) is 9.87. The molecule has 0 radical (unpaired) electrons. The Morgan fingerprint density at radius 1 is 1.25 bits per heavy atom. The van der Waals surface area contributed by atoms with Crippen LogP contribution < -0.4 is 10.6 Å². The number of carbonyl (C=O) groups is 4. The van der Waals surface area contributed by atoms with Gasteiger partial charge in [0, 0.05) is 37.9 Å². The van der Waals surface area contributed by atoms with Crippen molar-refractivity contribution in [1.82, 2.24) is 15.5 Å². The van der Waals surface area contributed by atoms with Crippen molar-refractivity contribution in [2.75, 3.05) is 31.6 Å². The molecule has 0 aromatic heterocycles. The van der Waals surface area contributed by atoms with Crippen LogP contribution in [0.4, 0.5) is 0 Å². The number of hydrogen-bond donors (Lipinski definition) is 4. The van der Waals surface area contributed by atoms with E-state index in [4.69, 9.17) is 5.41 Å². The molecular formula is C26H46N4O5S. The molecule has 2 amide bonds. The third kappa shape index (κ3) is 12.3. The topological polar surface area (TPSA) is 140 Å². The second kappa shape index (κ2) is 17.4. The van der Waals surface area contributed by atoms with E-state index < -0.39 is 17.7 Å². The number of carbonyl (C=O) groups excluding carboxylic acids is 4. The van der Waals surface area contributed by atoms with E-state index in [0.29, 0.717) is 42.9 Å². The van der Waals surface area contributed by atoms with Gasteiger partial charge in [0.25, 0.3) is 0 Å². The van der Waals surface area contributed by atoms with Crippen molar-refractivity contribution in [1.29, 1.82) is 5.41 Å². The number of ketones is 1. The van der Waals surface area contributed by atoms with Crippen LogP contribution in [-0.2, 0) is 19.2 Å². The lowest BCUT2D eigenvalue weighted by Crippen LogP contribution is -2.52. The quantitative estimate of drug-likeness (QED) is 0.0628. The number of allylic oxidation sites excluding steroid dienone is 1. The number of aliphatic hydroxyl groups is 1. The average molecular weight is 527 g/mol. The van der Waals surface area contributed by atoms with Gasteiger partial charge in [0.15, 0.2) is 5.78 Å². The van der Waals surface area contributed by atoms with Crippen LogP contribution in [0.3, 0.4) is 0 Å². The maximum absolute atomic E-state index is 13.5. The molecule has 9 nitrogen and oxygen atoms in total. The fourth-order valence-electron chi connectivity index (χ4n) is 3.96. The summed E-state index contributed by atoms with van der Waals surface area (Å²) in [5, 5.41) is 22.6. The van der Waals surface area contributed by atoms with E-state index in [2.05, 4.69) is 17.2 Å². The Labute approximate surface area is 220 Å². The Bertz CT molecular complexity index is 761. The Morgan fingerprint density at radius 3 is 2.39 bits per heavy atom. The minimum atomic E-state index is -0.957. The highest BCUT2D eigenvalue weighted by Crippen LogP contribution is 2.27. The molecule has 0 aliphatic rings. The van der Waals surface area contributed by atoms with Gasteiger partial charge in [0.05, 0.1) is 18.0 Å². The molecule has 0 aromatic carbocycles. The Morgan fingerprint density at radius 2 is 1.89 bits per heavy atom. The van der Waals surface area contributed by atoms with Gasteiger partial charge in [-0.2, -0.15) is 11.8 Å². The molecule has 1 unspecified atom stereocenters. The number of Topliss-reactive ketones (excluding diaryl/α,β-unsaturated/α-hetero) is 1. The van der Waals surface area contributed by atoms with E-state index in [0.717, 1.165) is 6.29 Å². The van der Waals surface area contributed by atoms with Gasteiger partial charge in [-0.05, 0) is 50.3 Å². The van der Waals surface area contributed by atoms with Gasteiger partial charge < -0.3 is 25.5 Å². The number of rotatable bonds is 20. The van der Waals surface area contributed by atoms with Crippen molar-refractivity contribution in [2.24, 2.45) is 17.8 Å². The molecule has 206 valence electrons. The summed E-state index contributed by atoms with van der Waals surface area (Å²) in [6, 6.07) is 0. The van der Waals surface area contributed by atoms with Gasteiger partial charge >= 0.3 is 0 Å². The van der Waals surface area contributed by atoms with Crippen LogP contribution in [0.2, 0.25) is 0 Å². The Hall–Kier alpha value is -2.04. The van der Waals surface area contributed by atoms with Crippen LogP contribution in [-0.4, -0.2) is 83.5 Å². The van der Waals surface area contributed by atoms with E-state index in [1.165, 1.54) is 29.8 Å². The van der Waals surface area contributed by atoms with E-state index >= 15 is 0 Å². The van der Waals surface area contributed by atoms with E-state index in [1.807, 2.05) is 20.8 Å². The number of likely N-dealkylation sites (N-methyl/N-ethyl adjacent to an activating group) is 1. The van der Waals surface area contributed by atoms with E-state index in [9.17, 15) is 24.3 Å². The fraction of sp³-hybridized carbons (Fsp3) is 0.731. The second-order valence-corrected chi connectivity index (χ2v) is 11.0. The Balaban J connectivity index is 5.38. The molecule has 0 fully saturated rings. The smallest absolute Gasteiger partial charge is 0.227 e. The van der Waals surface area contributed by atoms with Crippen molar-refractivity contribution in [3.05, 3.63) is 12.2 Å². The summed E-state index contributed by atoms with van der Waals surface area (Å²) in [6.45, 7) is 13.5. The van der Waals surface area contributed by atoms with Gasteiger partial charge in [-0.3, -0.25) is 19.7 Å². The lowest BCUT2D eigenvalue weighted by Gasteiger charge is -2.37. The molecule has 0 aromatic rings. The number of thioether (sulfide) groups is 1. The lowest BCUT2D eigenvalue weighted by molar-refractivity contribution is -0.143. The van der Waals surface area contributed by atoms with Crippen molar-refractivity contribution in [3.8, 4) is 0 Å². The first-order valence-electron chi connectivity index (χ1n) is 12.5. The largest absolute Gasteiger partial charge is 0.377 e. The number of aliphatic hydroxyl groups excluding tert-OH is 1. The molecular weight excluding hydrogens is 480 g/mol. The molecule has 4 atom stereocenters. The lowest BCUT2D eigenvalue weighted by atomic mass is 9.86. The van der Waals surface area contributed by atoms with Crippen molar-refractivity contribution in [2.45, 2.75) is 72.1 Å². The molecule has 0 rings (SSSR count). The van der Waals surface area contributed by atoms with Crippen LogP contribution in [0, 0.1) is 23.2 Å². The predicted octanol–water partition coefficient (Wildman–Crippen LogP) is 2.42. The van der Waals surface area contributed by atoms with Crippen LogP contribution in [0.1, 0.15) is 60.3 Å². The monoisotopic (exact) mass is 526 g/mol. The SMILES string of the molecule is C=C(C[C@H](CSCCNC(O)CNC(C)=O)C(=O)N(C)[C@@](C)(C=O)CC(C)C)C(=O)[C@H](CC)CC=N. The maximum Gasteiger partial charge on any atom is 0.227 e. The zero-order chi connectivity index (χ0) is 27.9. The van der Waals surface area contributed by atoms with Crippen molar-refractivity contribution >= 4 is 41.9 Å². The molecule has 0 bridgehead atoms. The number of nitrogens with one attached hydrogen (secondary N) is 3. The van der Waals surface area contributed by atoms with Crippen molar-refractivity contribution < 1.29 is 24.3 Å². The predicted molar refractivity (Wildman–Crippen MR) is 146 cm³/mol. The highest BCUT2D eigenvalue weighted by atomic mass is 32.2. The molecule has 0 heterocycles. The maximum atomic E-state index is 13.5. The minimum absolute atomic E-state index is 0.0995. The third-order valence-corrected chi connectivity index (χ3v) is 7.25. The highest BCUT2D eigenvalue weighted by Gasteiger charge is 2.36. The standard InChI is InChI=1S/C26H46N4O5S/c1-8-21(9-10-27)24(34)19(4)13-22(16-36-12-11-28-23(33)15-29-20(5)32)25(35)30(7)26(6,17-31)14-18(2)3/h10,17-18,21-23,27-28,33H,4,8-9,11-16H2,1-3,5-7H3,(H,29,32)/t21-,22-,23?,26-/m1/s1. The molecule has 0 saturated carbocycles.